The molecule has 0 aromatic heterocycles. The predicted molar refractivity (Wildman–Crippen MR) is 83.4 cm³/mol. The summed E-state index contributed by atoms with van der Waals surface area (Å²) in [5.74, 6) is 2.59. The van der Waals surface area contributed by atoms with Crippen molar-refractivity contribution < 1.29 is 0 Å². The van der Waals surface area contributed by atoms with Crippen LogP contribution in [0.15, 0.2) is 0 Å². The summed E-state index contributed by atoms with van der Waals surface area (Å²) < 4.78 is 0. The van der Waals surface area contributed by atoms with Crippen molar-refractivity contribution in [2.24, 2.45) is 17.8 Å². The van der Waals surface area contributed by atoms with Gasteiger partial charge < -0.3 is 10.2 Å². The lowest BCUT2D eigenvalue weighted by atomic mass is 9.88. The minimum atomic E-state index is 0.833. The van der Waals surface area contributed by atoms with Gasteiger partial charge >= 0.3 is 0 Å². The highest BCUT2D eigenvalue weighted by Crippen LogP contribution is 2.33. The minimum Gasteiger partial charge on any atom is -0.311 e. The third-order valence-electron chi connectivity index (χ3n) is 4.97. The maximum absolute atomic E-state index is 3.79. The quantitative estimate of drug-likeness (QED) is 0.723. The average molecular weight is 266 g/mol. The SMILES string of the molecule is CC(C)CCN(CCC(C)C)CC1CC2CCC1N2. The van der Waals surface area contributed by atoms with Crippen LogP contribution in [-0.4, -0.2) is 36.6 Å². The molecule has 2 rings (SSSR count). The molecule has 2 nitrogen and oxygen atoms in total. The van der Waals surface area contributed by atoms with E-state index in [2.05, 4.69) is 37.9 Å². The number of fused-ring (bicyclic) bond motifs is 2. The zero-order valence-electron chi connectivity index (χ0n) is 13.5. The molecule has 0 saturated carbocycles. The van der Waals surface area contributed by atoms with Gasteiger partial charge in [0, 0.05) is 18.6 Å². The van der Waals surface area contributed by atoms with Crippen LogP contribution in [0.3, 0.4) is 0 Å². The van der Waals surface area contributed by atoms with Gasteiger partial charge in [0.05, 0.1) is 0 Å². The van der Waals surface area contributed by atoms with Gasteiger partial charge in [-0.05, 0) is 62.9 Å². The number of hydrogen-bond donors (Lipinski definition) is 1. The van der Waals surface area contributed by atoms with Crippen LogP contribution in [-0.2, 0) is 0 Å². The van der Waals surface area contributed by atoms with Crippen molar-refractivity contribution in [3.05, 3.63) is 0 Å². The molecule has 3 unspecified atom stereocenters. The van der Waals surface area contributed by atoms with E-state index in [9.17, 15) is 0 Å². The summed E-state index contributed by atoms with van der Waals surface area (Å²) >= 11 is 0. The third kappa shape index (κ3) is 4.75. The fraction of sp³-hybridized carbons (Fsp3) is 1.00. The fourth-order valence-corrected chi connectivity index (χ4v) is 3.65. The van der Waals surface area contributed by atoms with E-state index >= 15 is 0 Å². The van der Waals surface area contributed by atoms with E-state index in [4.69, 9.17) is 0 Å². The van der Waals surface area contributed by atoms with Gasteiger partial charge in [-0.3, -0.25) is 0 Å². The summed E-state index contributed by atoms with van der Waals surface area (Å²) in [6.07, 6.45) is 7.00. The molecule has 2 heteroatoms. The van der Waals surface area contributed by atoms with Crippen LogP contribution in [0, 0.1) is 17.8 Å². The van der Waals surface area contributed by atoms with Crippen LogP contribution in [0.2, 0.25) is 0 Å². The van der Waals surface area contributed by atoms with E-state index in [0.717, 1.165) is 29.8 Å². The van der Waals surface area contributed by atoms with Crippen LogP contribution < -0.4 is 5.32 Å². The first-order valence-corrected chi connectivity index (χ1v) is 8.53. The first kappa shape index (κ1) is 15.3. The molecule has 19 heavy (non-hydrogen) atoms. The number of hydrogen-bond acceptors (Lipinski definition) is 2. The Morgan fingerprint density at radius 2 is 1.63 bits per heavy atom. The summed E-state index contributed by atoms with van der Waals surface area (Å²) in [5, 5.41) is 3.79. The summed E-state index contributed by atoms with van der Waals surface area (Å²) in [4.78, 5) is 2.76. The van der Waals surface area contributed by atoms with Crippen molar-refractivity contribution >= 4 is 0 Å². The summed E-state index contributed by atoms with van der Waals surface area (Å²) in [5.41, 5.74) is 0. The van der Waals surface area contributed by atoms with E-state index in [1.165, 1.54) is 51.7 Å². The molecule has 2 heterocycles. The fourth-order valence-electron chi connectivity index (χ4n) is 3.65. The first-order valence-electron chi connectivity index (χ1n) is 8.53. The Morgan fingerprint density at radius 3 is 2.05 bits per heavy atom. The molecule has 0 spiro atoms. The van der Waals surface area contributed by atoms with Gasteiger partial charge in [-0.15, -0.1) is 0 Å². The highest BCUT2D eigenvalue weighted by atomic mass is 15.1. The van der Waals surface area contributed by atoms with E-state index in [-0.39, 0.29) is 0 Å². The molecule has 2 aliphatic heterocycles. The number of rotatable bonds is 8. The Balaban J connectivity index is 1.78. The van der Waals surface area contributed by atoms with Gasteiger partial charge in [0.2, 0.25) is 0 Å². The van der Waals surface area contributed by atoms with Gasteiger partial charge in [0.15, 0.2) is 0 Å². The smallest absolute Gasteiger partial charge is 0.0111 e. The monoisotopic (exact) mass is 266 g/mol. The van der Waals surface area contributed by atoms with E-state index < -0.39 is 0 Å². The van der Waals surface area contributed by atoms with E-state index in [0.29, 0.717) is 0 Å². The van der Waals surface area contributed by atoms with E-state index in [1.54, 1.807) is 0 Å². The number of nitrogens with zero attached hydrogens (tertiary/aromatic N) is 1. The average Bonchev–Trinajstić information content (AvgIpc) is 2.94. The van der Waals surface area contributed by atoms with Crippen molar-refractivity contribution in [2.45, 2.75) is 71.9 Å². The Labute approximate surface area is 120 Å². The molecule has 2 saturated heterocycles. The lowest BCUT2D eigenvalue weighted by Gasteiger charge is -2.30. The molecule has 3 atom stereocenters. The van der Waals surface area contributed by atoms with Crippen LogP contribution in [0.5, 0.6) is 0 Å². The second-order valence-electron chi connectivity index (χ2n) is 7.71. The van der Waals surface area contributed by atoms with Crippen molar-refractivity contribution in [2.75, 3.05) is 19.6 Å². The van der Waals surface area contributed by atoms with Crippen molar-refractivity contribution in [3.8, 4) is 0 Å². The van der Waals surface area contributed by atoms with Gasteiger partial charge in [0.1, 0.15) is 0 Å². The Hall–Kier alpha value is -0.0800. The molecule has 0 aliphatic carbocycles. The Morgan fingerprint density at radius 1 is 1.00 bits per heavy atom. The molecule has 0 amide bonds. The van der Waals surface area contributed by atoms with Crippen molar-refractivity contribution in [1.29, 1.82) is 0 Å². The highest BCUT2D eigenvalue weighted by molar-refractivity contribution is 4.98. The maximum Gasteiger partial charge on any atom is 0.0111 e. The molecular formula is C17H34N2. The Kier molecular flexibility index (Phi) is 5.70. The van der Waals surface area contributed by atoms with Crippen molar-refractivity contribution in [3.63, 3.8) is 0 Å². The van der Waals surface area contributed by atoms with Gasteiger partial charge in [-0.1, -0.05) is 27.7 Å². The lowest BCUT2D eigenvalue weighted by molar-refractivity contribution is 0.193. The first-order chi connectivity index (χ1) is 9.04. The molecule has 112 valence electrons. The Bertz CT molecular complexity index is 250. The largest absolute Gasteiger partial charge is 0.311 e. The topological polar surface area (TPSA) is 15.3 Å². The molecule has 2 aliphatic rings. The second kappa shape index (κ2) is 7.08. The van der Waals surface area contributed by atoms with Crippen LogP contribution in [0.4, 0.5) is 0 Å². The van der Waals surface area contributed by atoms with Gasteiger partial charge in [-0.2, -0.15) is 0 Å². The van der Waals surface area contributed by atoms with Gasteiger partial charge in [0.25, 0.3) is 0 Å². The van der Waals surface area contributed by atoms with Crippen LogP contribution in [0.1, 0.15) is 59.8 Å². The van der Waals surface area contributed by atoms with E-state index in [1.807, 2.05) is 0 Å². The molecule has 0 aromatic carbocycles. The standard InChI is InChI=1S/C17H34N2/c1-13(2)7-9-19(10-8-14(3)4)12-15-11-16-5-6-17(15)18-16/h13-18H,5-12H2,1-4H3. The molecular weight excluding hydrogens is 232 g/mol. The van der Waals surface area contributed by atoms with Crippen LogP contribution in [0.25, 0.3) is 0 Å². The van der Waals surface area contributed by atoms with Crippen LogP contribution >= 0.6 is 0 Å². The highest BCUT2D eigenvalue weighted by Gasteiger charge is 2.39. The zero-order valence-corrected chi connectivity index (χ0v) is 13.5. The van der Waals surface area contributed by atoms with Crippen molar-refractivity contribution in [1.82, 2.24) is 10.2 Å². The molecule has 0 aromatic rings. The number of nitrogens with one attached hydrogen (secondary N) is 1. The molecule has 1 N–H and O–H groups in total. The lowest BCUT2D eigenvalue weighted by Crippen LogP contribution is -2.37. The van der Waals surface area contributed by atoms with Gasteiger partial charge in [-0.25, -0.2) is 0 Å². The second-order valence-corrected chi connectivity index (χ2v) is 7.71. The maximum atomic E-state index is 3.79. The summed E-state index contributed by atoms with van der Waals surface area (Å²) in [6, 6.07) is 1.69. The third-order valence-corrected chi connectivity index (χ3v) is 4.97. The molecule has 2 bridgehead atoms. The molecule has 0 radical (unpaired) electrons. The molecule has 2 fully saturated rings. The predicted octanol–water partition coefficient (Wildman–Crippen LogP) is 3.52. The minimum absolute atomic E-state index is 0.833. The summed E-state index contributed by atoms with van der Waals surface area (Å²) in [6.45, 7) is 13.3. The normalized spacial score (nSPS) is 30.2. The summed E-state index contributed by atoms with van der Waals surface area (Å²) in [7, 11) is 0. The zero-order chi connectivity index (χ0) is 13.8.